The third-order valence-electron chi connectivity index (χ3n) is 12.5. The van der Waals surface area contributed by atoms with E-state index in [1.54, 1.807) is 0 Å². The number of hydrogen-bond acceptors (Lipinski definition) is 4. The van der Waals surface area contributed by atoms with Gasteiger partial charge in [-0.25, -0.2) is 9.97 Å². The number of ether oxygens (including phenoxy) is 1. The van der Waals surface area contributed by atoms with Crippen LogP contribution in [-0.4, -0.2) is 14.5 Å². The molecule has 13 rings (SSSR count). The molecule has 294 valence electrons. The van der Waals surface area contributed by atoms with E-state index in [2.05, 4.69) is 216 Å². The lowest BCUT2D eigenvalue weighted by Crippen LogP contribution is -2.15. The van der Waals surface area contributed by atoms with E-state index in [1.165, 1.54) is 32.3 Å². The molecule has 1 aliphatic rings. The van der Waals surface area contributed by atoms with Gasteiger partial charge in [0.15, 0.2) is 17.3 Å². The summed E-state index contributed by atoms with van der Waals surface area (Å²) in [5.41, 5.74) is 12.5. The van der Waals surface area contributed by atoms with Crippen molar-refractivity contribution in [2.75, 3.05) is 4.90 Å². The summed E-state index contributed by atoms with van der Waals surface area (Å²) in [7, 11) is 0. The lowest BCUT2D eigenvalue weighted by molar-refractivity contribution is 0.477. The van der Waals surface area contributed by atoms with Gasteiger partial charge in [-0.05, 0) is 99.4 Å². The van der Waals surface area contributed by atoms with Crippen molar-refractivity contribution in [3.8, 4) is 51.0 Å². The molecule has 10 aromatic carbocycles. The highest BCUT2D eigenvalue weighted by atomic mass is 16.5. The van der Waals surface area contributed by atoms with Crippen molar-refractivity contribution < 1.29 is 4.74 Å². The predicted octanol–water partition coefficient (Wildman–Crippen LogP) is 15.6. The zero-order valence-corrected chi connectivity index (χ0v) is 34.0. The summed E-state index contributed by atoms with van der Waals surface area (Å²) < 4.78 is 8.97. The van der Waals surface area contributed by atoms with Crippen LogP contribution in [0.1, 0.15) is 0 Å². The summed E-state index contributed by atoms with van der Waals surface area (Å²) >= 11 is 0. The van der Waals surface area contributed by atoms with E-state index in [9.17, 15) is 0 Å². The number of hydrogen-bond donors (Lipinski definition) is 0. The van der Waals surface area contributed by atoms with Crippen LogP contribution in [0, 0.1) is 0 Å². The number of anilines is 3. The molecule has 2 aromatic heterocycles. The average molecular weight is 805 g/mol. The highest BCUT2D eigenvalue weighted by molar-refractivity contribution is 6.25. The molecular formula is C58H36N4O. The first kappa shape index (κ1) is 35.2. The van der Waals surface area contributed by atoms with Crippen LogP contribution < -0.4 is 9.64 Å². The van der Waals surface area contributed by atoms with Crippen molar-refractivity contribution in [2.24, 2.45) is 0 Å². The first-order valence-electron chi connectivity index (χ1n) is 21.3. The summed E-state index contributed by atoms with van der Waals surface area (Å²) in [4.78, 5) is 12.9. The number of fused-ring (bicyclic) bond motifs is 9. The van der Waals surface area contributed by atoms with Gasteiger partial charge in [0.2, 0.25) is 0 Å². The molecule has 0 fully saturated rings. The normalized spacial score (nSPS) is 12.2. The van der Waals surface area contributed by atoms with E-state index in [1.807, 2.05) is 12.1 Å². The Hall–Kier alpha value is -8.54. The fourth-order valence-corrected chi connectivity index (χ4v) is 9.75. The van der Waals surface area contributed by atoms with Gasteiger partial charge in [-0.1, -0.05) is 152 Å². The van der Waals surface area contributed by atoms with Gasteiger partial charge in [0.1, 0.15) is 0 Å². The van der Waals surface area contributed by atoms with Crippen molar-refractivity contribution in [2.45, 2.75) is 0 Å². The van der Waals surface area contributed by atoms with Crippen LogP contribution in [0.25, 0.3) is 93.7 Å². The van der Waals surface area contributed by atoms with Gasteiger partial charge in [-0.3, -0.25) is 0 Å². The summed E-state index contributed by atoms with van der Waals surface area (Å²) in [6.45, 7) is 0. The second-order valence-electron chi connectivity index (χ2n) is 16.1. The first-order chi connectivity index (χ1) is 31.2. The monoisotopic (exact) mass is 804 g/mol. The third-order valence-corrected chi connectivity index (χ3v) is 12.5. The topological polar surface area (TPSA) is 43.2 Å². The molecule has 5 nitrogen and oxygen atoms in total. The standard InChI is InChI=1S/C58H36N4O/c1-2-19-41(20-3-1)61-49-28-10-11-30-53(49)63-54-34-32-39(36-52(54)61)45-25-14-29-50-56(45)55-44-23-7-5-16-38(44)31-33-51(55)62(50)42-21-12-18-40(35-42)58-59-48-27-9-8-24-47(48)57(60-58)46-26-13-17-37-15-4-6-22-43(37)46/h1-36H. The Balaban J connectivity index is 1.02. The molecule has 5 heteroatoms. The van der Waals surface area contributed by atoms with Gasteiger partial charge in [-0.15, -0.1) is 0 Å². The van der Waals surface area contributed by atoms with E-state index < -0.39 is 0 Å². The van der Waals surface area contributed by atoms with Crippen LogP contribution in [0.15, 0.2) is 218 Å². The molecule has 0 spiro atoms. The zero-order valence-electron chi connectivity index (χ0n) is 34.0. The quantitative estimate of drug-likeness (QED) is 0.174. The summed E-state index contributed by atoms with van der Waals surface area (Å²) in [6.07, 6.45) is 0. The fourth-order valence-electron chi connectivity index (χ4n) is 9.75. The minimum absolute atomic E-state index is 0.686. The minimum Gasteiger partial charge on any atom is -0.453 e. The van der Waals surface area contributed by atoms with Gasteiger partial charge in [0.05, 0.1) is 33.6 Å². The van der Waals surface area contributed by atoms with Gasteiger partial charge in [0, 0.05) is 38.7 Å². The van der Waals surface area contributed by atoms with Crippen molar-refractivity contribution in [3.05, 3.63) is 218 Å². The van der Waals surface area contributed by atoms with Crippen LogP contribution in [0.2, 0.25) is 0 Å². The van der Waals surface area contributed by atoms with Crippen LogP contribution >= 0.6 is 0 Å². The van der Waals surface area contributed by atoms with Gasteiger partial charge >= 0.3 is 0 Å². The van der Waals surface area contributed by atoms with Crippen molar-refractivity contribution >= 4 is 71.3 Å². The molecule has 63 heavy (non-hydrogen) atoms. The first-order valence-corrected chi connectivity index (χ1v) is 21.3. The Morgan fingerprint density at radius 2 is 1.05 bits per heavy atom. The van der Waals surface area contributed by atoms with E-state index in [0.29, 0.717) is 5.82 Å². The summed E-state index contributed by atoms with van der Waals surface area (Å²) in [5.74, 6) is 2.34. The lowest BCUT2D eigenvalue weighted by atomic mass is 9.96. The van der Waals surface area contributed by atoms with E-state index in [0.717, 1.165) is 84.1 Å². The third kappa shape index (κ3) is 5.57. The number of para-hydroxylation sites is 4. The molecular weight excluding hydrogens is 769 g/mol. The molecule has 12 aromatic rings. The van der Waals surface area contributed by atoms with Crippen molar-refractivity contribution in [1.29, 1.82) is 0 Å². The molecule has 0 aliphatic carbocycles. The SMILES string of the molecule is c1ccc(N2c3ccccc3Oc3ccc(-c4cccc5c4c4c6ccccc6ccc4n5-c4cccc(-c5nc(-c6cccc7ccccc67)c6ccccc6n5)c4)cc32)cc1. The number of benzene rings is 10. The minimum atomic E-state index is 0.686. The Bertz CT molecular complexity index is 3790. The maximum absolute atomic E-state index is 6.56. The van der Waals surface area contributed by atoms with Crippen molar-refractivity contribution in [3.63, 3.8) is 0 Å². The molecule has 0 amide bonds. The van der Waals surface area contributed by atoms with Crippen molar-refractivity contribution in [1.82, 2.24) is 14.5 Å². The highest BCUT2D eigenvalue weighted by Gasteiger charge is 2.27. The Labute approximate surface area is 363 Å². The second kappa shape index (κ2) is 14.0. The number of aromatic nitrogens is 3. The Morgan fingerprint density at radius 3 is 1.95 bits per heavy atom. The van der Waals surface area contributed by atoms with Crippen LogP contribution in [-0.2, 0) is 0 Å². The molecule has 0 N–H and O–H groups in total. The average Bonchev–Trinajstić information content (AvgIpc) is 3.70. The molecule has 0 saturated heterocycles. The Morgan fingerprint density at radius 1 is 0.381 bits per heavy atom. The van der Waals surface area contributed by atoms with Gasteiger partial charge < -0.3 is 14.2 Å². The molecule has 1 aliphatic heterocycles. The van der Waals surface area contributed by atoms with E-state index in [-0.39, 0.29) is 0 Å². The predicted molar refractivity (Wildman–Crippen MR) is 260 cm³/mol. The maximum Gasteiger partial charge on any atom is 0.160 e. The molecule has 0 bridgehead atoms. The zero-order chi connectivity index (χ0) is 41.4. The molecule has 0 radical (unpaired) electrons. The molecule has 0 saturated carbocycles. The second-order valence-corrected chi connectivity index (χ2v) is 16.1. The smallest absolute Gasteiger partial charge is 0.160 e. The van der Waals surface area contributed by atoms with E-state index in [4.69, 9.17) is 14.7 Å². The fraction of sp³-hybridized carbons (Fsp3) is 0. The summed E-state index contributed by atoms with van der Waals surface area (Å²) in [6, 6.07) is 77.3. The Kier molecular flexibility index (Phi) is 7.84. The molecule has 0 unspecified atom stereocenters. The lowest BCUT2D eigenvalue weighted by Gasteiger charge is -2.33. The van der Waals surface area contributed by atoms with Gasteiger partial charge in [0.25, 0.3) is 0 Å². The van der Waals surface area contributed by atoms with Crippen LogP contribution in [0.4, 0.5) is 17.1 Å². The van der Waals surface area contributed by atoms with E-state index >= 15 is 0 Å². The van der Waals surface area contributed by atoms with Gasteiger partial charge in [-0.2, -0.15) is 0 Å². The highest BCUT2D eigenvalue weighted by Crippen LogP contribution is 2.52. The number of nitrogens with zero attached hydrogens (tertiary/aromatic N) is 4. The number of rotatable bonds is 5. The summed E-state index contributed by atoms with van der Waals surface area (Å²) in [5, 5.41) is 8.19. The van der Waals surface area contributed by atoms with Crippen LogP contribution in [0.3, 0.4) is 0 Å². The van der Waals surface area contributed by atoms with Crippen LogP contribution in [0.5, 0.6) is 11.5 Å². The molecule has 3 heterocycles. The molecule has 0 atom stereocenters. The maximum atomic E-state index is 6.56. The largest absolute Gasteiger partial charge is 0.453 e.